The quantitative estimate of drug-likeness (QED) is 0.785. The molecule has 15 heavy (non-hydrogen) atoms. The molecule has 1 amide bonds. The van der Waals surface area contributed by atoms with Gasteiger partial charge in [0, 0.05) is 17.6 Å². The summed E-state index contributed by atoms with van der Waals surface area (Å²) in [4.78, 5) is 15.7. The first-order valence-electron chi connectivity index (χ1n) is 5.00. The van der Waals surface area contributed by atoms with Crippen molar-refractivity contribution in [1.82, 2.24) is 4.98 Å². The molecule has 1 aromatic heterocycles. The number of nitrogens with zero attached hydrogens (tertiary/aromatic N) is 1. The van der Waals surface area contributed by atoms with Crippen LogP contribution in [0, 0.1) is 12.8 Å². The van der Waals surface area contributed by atoms with E-state index >= 15 is 0 Å². The number of hydrogen-bond donors (Lipinski definition) is 2. The van der Waals surface area contributed by atoms with Gasteiger partial charge in [-0.25, -0.2) is 0 Å². The van der Waals surface area contributed by atoms with Crippen molar-refractivity contribution in [2.45, 2.75) is 26.8 Å². The van der Waals surface area contributed by atoms with E-state index in [9.17, 15) is 4.79 Å². The highest BCUT2D eigenvalue weighted by atomic mass is 16.2. The molecule has 0 radical (unpaired) electrons. The third kappa shape index (κ3) is 3.32. The van der Waals surface area contributed by atoms with Gasteiger partial charge in [-0.15, -0.1) is 0 Å². The van der Waals surface area contributed by atoms with Gasteiger partial charge in [-0.05, 0) is 25.0 Å². The molecular weight excluding hydrogens is 190 g/mol. The zero-order valence-electron chi connectivity index (χ0n) is 9.32. The van der Waals surface area contributed by atoms with Gasteiger partial charge in [0.25, 0.3) is 0 Å². The minimum absolute atomic E-state index is 0.132. The number of rotatable bonds is 3. The molecule has 3 N–H and O–H groups in total. The standard InChI is InChI=1S/C11H17N3O/c1-7(2)10(12)11(15)14-9-4-5-13-8(3)6-9/h4-7,10H,12H2,1-3H3,(H,13,14,15)/t10-/m0/s1. The predicted molar refractivity (Wildman–Crippen MR) is 60.4 cm³/mol. The highest BCUT2D eigenvalue weighted by Crippen LogP contribution is 2.08. The van der Waals surface area contributed by atoms with Crippen LogP contribution in [-0.4, -0.2) is 16.9 Å². The molecule has 1 heterocycles. The highest BCUT2D eigenvalue weighted by Gasteiger charge is 2.16. The lowest BCUT2D eigenvalue weighted by molar-refractivity contribution is -0.118. The SMILES string of the molecule is Cc1cc(NC(=O)[C@@H](N)C(C)C)ccn1. The van der Waals surface area contributed by atoms with Crippen LogP contribution in [0.25, 0.3) is 0 Å². The van der Waals surface area contributed by atoms with E-state index in [-0.39, 0.29) is 11.8 Å². The van der Waals surface area contributed by atoms with Crippen LogP contribution in [0.3, 0.4) is 0 Å². The van der Waals surface area contributed by atoms with E-state index in [1.807, 2.05) is 26.8 Å². The molecule has 1 rings (SSSR count). The van der Waals surface area contributed by atoms with Gasteiger partial charge in [0.05, 0.1) is 6.04 Å². The number of aryl methyl sites for hydroxylation is 1. The van der Waals surface area contributed by atoms with E-state index in [4.69, 9.17) is 5.73 Å². The minimum atomic E-state index is -0.474. The first kappa shape index (κ1) is 11.7. The van der Waals surface area contributed by atoms with E-state index in [1.54, 1.807) is 12.3 Å². The number of carbonyl (C=O) groups is 1. The van der Waals surface area contributed by atoms with Gasteiger partial charge < -0.3 is 11.1 Å². The number of pyridine rings is 1. The third-order valence-corrected chi connectivity index (χ3v) is 2.19. The fourth-order valence-electron chi connectivity index (χ4n) is 1.15. The van der Waals surface area contributed by atoms with Crippen LogP contribution in [0.4, 0.5) is 5.69 Å². The van der Waals surface area contributed by atoms with Gasteiger partial charge in [-0.3, -0.25) is 9.78 Å². The molecule has 4 nitrogen and oxygen atoms in total. The van der Waals surface area contributed by atoms with Crippen LogP contribution in [0.1, 0.15) is 19.5 Å². The van der Waals surface area contributed by atoms with Crippen molar-refractivity contribution in [2.24, 2.45) is 11.7 Å². The van der Waals surface area contributed by atoms with Gasteiger partial charge in [0.1, 0.15) is 0 Å². The maximum absolute atomic E-state index is 11.6. The van der Waals surface area contributed by atoms with Crippen molar-refractivity contribution in [2.75, 3.05) is 5.32 Å². The van der Waals surface area contributed by atoms with Gasteiger partial charge in [-0.1, -0.05) is 13.8 Å². The Bertz CT molecular complexity index is 349. The van der Waals surface area contributed by atoms with E-state index in [0.717, 1.165) is 11.4 Å². The number of anilines is 1. The Morgan fingerprint density at radius 2 is 2.20 bits per heavy atom. The average molecular weight is 207 g/mol. The van der Waals surface area contributed by atoms with Crippen LogP contribution < -0.4 is 11.1 Å². The Hall–Kier alpha value is -1.42. The first-order chi connectivity index (χ1) is 7.00. The third-order valence-electron chi connectivity index (χ3n) is 2.19. The molecule has 0 aromatic carbocycles. The molecule has 0 aliphatic rings. The number of nitrogens with one attached hydrogen (secondary N) is 1. The Labute approximate surface area is 89.9 Å². The molecule has 82 valence electrons. The number of hydrogen-bond acceptors (Lipinski definition) is 3. The summed E-state index contributed by atoms with van der Waals surface area (Å²) >= 11 is 0. The van der Waals surface area contributed by atoms with Crippen molar-refractivity contribution >= 4 is 11.6 Å². The normalized spacial score (nSPS) is 12.6. The zero-order chi connectivity index (χ0) is 11.4. The fourth-order valence-corrected chi connectivity index (χ4v) is 1.15. The molecule has 0 unspecified atom stereocenters. The van der Waals surface area contributed by atoms with E-state index in [2.05, 4.69) is 10.3 Å². The smallest absolute Gasteiger partial charge is 0.241 e. The first-order valence-corrected chi connectivity index (χ1v) is 5.00. The fraction of sp³-hybridized carbons (Fsp3) is 0.455. The largest absolute Gasteiger partial charge is 0.325 e. The number of aromatic nitrogens is 1. The van der Waals surface area contributed by atoms with E-state index in [1.165, 1.54) is 0 Å². The number of amides is 1. The second-order valence-corrected chi connectivity index (χ2v) is 3.94. The second-order valence-electron chi connectivity index (χ2n) is 3.94. The molecule has 0 saturated heterocycles. The summed E-state index contributed by atoms with van der Waals surface area (Å²) in [6, 6.07) is 3.08. The second kappa shape index (κ2) is 4.89. The topological polar surface area (TPSA) is 68.0 Å². The molecule has 0 spiro atoms. The Morgan fingerprint density at radius 1 is 1.53 bits per heavy atom. The summed E-state index contributed by atoms with van der Waals surface area (Å²) in [6.07, 6.45) is 1.66. The van der Waals surface area contributed by atoms with Crippen LogP contribution in [0.2, 0.25) is 0 Å². The predicted octanol–water partition coefficient (Wildman–Crippen LogP) is 1.31. The van der Waals surface area contributed by atoms with Crippen LogP contribution in [-0.2, 0) is 4.79 Å². The maximum atomic E-state index is 11.6. The van der Waals surface area contributed by atoms with Crippen molar-refractivity contribution in [1.29, 1.82) is 0 Å². The lowest BCUT2D eigenvalue weighted by atomic mass is 10.1. The van der Waals surface area contributed by atoms with Gasteiger partial charge in [0.15, 0.2) is 0 Å². The molecule has 1 atom stereocenters. The Kier molecular flexibility index (Phi) is 3.80. The van der Waals surface area contributed by atoms with Gasteiger partial charge in [-0.2, -0.15) is 0 Å². The summed E-state index contributed by atoms with van der Waals surface area (Å²) in [7, 11) is 0. The van der Waals surface area contributed by atoms with Gasteiger partial charge >= 0.3 is 0 Å². The van der Waals surface area contributed by atoms with Gasteiger partial charge in [0.2, 0.25) is 5.91 Å². The summed E-state index contributed by atoms with van der Waals surface area (Å²) in [5.41, 5.74) is 7.32. The molecule has 0 bridgehead atoms. The number of carbonyl (C=O) groups excluding carboxylic acids is 1. The van der Waals surface area contributed by atoms with Crippen molar-refractivity contribution < 1.29 is 4.79 Å². The van der Waals surface area contributed by atoms with Crippen LogP contribution in [0.15, 0.2) is 18.3 Å². The van der Waals surface area contributed by atoms with E-state index < -0.39 is 6.04 Å². The lowest BCUT2D eigenvalue weighted by Crippen LogP contribution is -2.39. The monoisotopic (exact) mass is 207 g/mol. The molecule has 0 fully saturated rings. The lowest BCUT2D eigenvalue weighted by Gasteiger charge is -2.15. The van der Waals surface area contributed by atoms with Crippen molar-refractivity contribution in [3.63, 3.8) is 0 Å². The van der Waals surface area contributed by atoms with Crippen molar-refractivity contribution in [3.05, 3.63) is 24.0 Å². The van der Waals surface area contributed by atoms with Crippen LogP contribution >= 0.6 is 0 Å². The summed E-state index contributed by atoms with van der Waals surface area (Å²) in [6.45, 7) is 5.71. The van der Waals surface area contributed by atoms with E-state index in [0.29, 0.717) is 0 Å². The molecule has 4 heteroatoms. The van der Waals surface area contributed by atoms with Crippen molar-refractivity contribution in [3.8, 4) is 0 Å². The Morgan fingerprint density at radius 3 is 2.73 bits per heavy atom. The molecular formula is C11H17N3O. The summed E-state index contributed by atoms with van der Waals surface area (Å²) < 4.78 is 0. The number of nitrogens with two attached hydrogens (primary N) is 1. The zero-order valence-corrected chi connectivity index (χ0v) is 9.32. The minimum Gasteiger partial charge on any atom is -0.325 e. The highest BCUT2D eigenvalue weighted by molar-refractivity contribution is 5.94. The molecule has 0 saturated carbocycles. The summed E-state index contributed by atoms with van der Waals surface area (Å²) in [5, 5.41) is 2.76. The summed E-state index contributed by atoms with van der Waals surface area (Å²) in [5.74, 6) is -0.0245. The average Bonchev–Trinajstić information content (AvgIpc) is 2.16. The van der Waals surface area contributed by atoms with Crippen LogP contribution in [0.5, 0.6) is 0 Å². The molecule has 0 aliphatic heterocycles. The maximum Gasteiger partial charge on any atom is 0.241 e. The molecule has 0 aliphatic carbocycles. The Balaban J connectivity index is 2.66. The molecule has 1 aromatic rings.